The minimum absolute atomic E-state index is 0.0439. The van der Waals surface area contributed by atoms with E-state index in [1.807, 2.05) is 30.3 Å². The van der Waals surface area contributed by atoms with Crippen LogP contribution in [0.4, 0.5) is 5.82 Å². The molecule has 0 radical (unpaired) electrons. The molecule has 3 aromatic rings. The van der Waals surface area contributed by atoms with Gasteiger partial charge in [0.25, 0.3) is 0 Å². The van der Waals surface area contributed by atoms with Crippen LogP contribution in [0.1, 0.15) is 19.3 Å². The highest BCUT2D eigenvalue weighted by atomic mass is 35.5. The Bertz CT molecular complexity index is 849. The number of benzene rings is 1. The molecule has 2 heterocycles. The minimum Gasteiger partial charge on any atom is -0.463 e. The summed E-state index contributed by atoms with van der Waals surface area (Å²) in [7, 11) is 0. The molecule has 1 aromatic carbocycles. The number of furan rings is 1. The highest BCUT2D eigenvalue weighted by Crippen LogP contribution is 2.30. The van der Waals surface area contributed by atoms with Crippen LogP contribution >= 0.6 is 11.6 Å². The van der Waals surface area contributed by atoms with E-state index in [2.05, 4.69) is 10.4 Å². The number of hydrogen-bond donors (Lipinski definition) is 1. The van der Waals surface area contributed by atoms with Crippen molar-refractivity contribution in [3.63, 3.8) is 0 Å². The van der Waals surface area contributed by atoms with Gasteiger partial charge in [0.2, 0.25) is 5.91 Å². The number of halogens is 1. The Labute approximate surface area is 144 Å². The van der Waals surface area contributed by atoms with Crippen LogP contribution in [0.5, 0.6) is 0 Å². The summed E-state index contributed by atoms with van der Waals surface area (Å²) < 4.78 is 7.12. The van der Waals surface area contributed by atoms with Crippen molar-refractivity contribution in [2.45, 2.75) is 19.3 Å². The molecule has 1 saturated carbocycles. The molecule has 2 aromatic heterocycles. The molecule has 0 bridgehead atoms. The molecule has 0 spiro atoms. The highest BCUT2D eigenvalue weighted by Gasteiger charge is 2.26. The van der Waals surface area contributed by atoms with Crippen LogP contribution in [0.3, 0.4) is 0 Å². The first-order valence-corrected chi connectivity index (χ1v) is 8.29. The molecular weight excluding hydrogens is 326 g/mol. The summed E-state index contributed by atoms with van der Waals surface area (Å²) in [6.07, 6.45) is 4.62. The van der Waals surface area contributed by atoms with Gasteiger partial charge in [0.15, 0.2) is 5.76 Å². The number of hydrogen-bond acceptors (Lipinski definition) is 3. The van der Waals surface area contributed by atoms with E-state index in [1.165, 1.54) is 0 Å². The van der Waals surface area contributed by atoms with Crippen LogP contribution in [-0.2, 0) is 4.79 Å². The third-order valence-corrected chi connectivity index (χ3v) is 4.53. The van der Waals surface area contributed by atoms with Crippen molar-refractivity contribution in [3.8, 4) is 17.1 Å². The van der Waals surface area contributed by atoms with Crippen LogP contribution < -0.4 is 5.32 Å². The van der Waals surface area contributed by atoms with Gasteiger partial charge in [-0.2, -0.15) is 5.10 Å². The van der Waals surface area contributed by atoms with Gasteiger partial charge < -0.3 is 9.73 Å². The van der Waals surface area contributed by atoms with Crippen LogP contribution in [0, 0.1) is 5.92 Å². The number of carbonyl (C=O) groups is 1. The standard InChI is InChI=1S/C18H16ClN3O2/c19-13-6-8-14(9-7-13)22-17(20-18(23)12-3-1-4-12)11-15(21-22)16-5-2-10-24-16/h2,5-12H,1,3-4H2,(H,20,23). The summed E-state index contributed by atoms with van der Waals surface area (Å²) in [5, 5.41) is 8.22. The Morgan fingerprint density at radius 2 is 2.04 bits per heavy atom. The number of nitrogens with one attached hydrogen (secondary N) is 1. The van der Waals surface area contributed by atoms with E-state index < -0.39 is 0 Å². The normalized spacial score (nSPS) is 14.4. The summed E-state index contributed by atoms with van der Waals surface area (Å²) in [5.74, 6) is 1.43. The predicted octanol–water partition coefficient (Wildman–Crippen LogP) is 4.52. The molecule has 1 N–H and O–H groups in total. The summed E-state index contributed by atoms with van der Waals surface area (Å²) in [6.45, 7) is 0. The summed E-state index contributed by atoms with van der Waals surface area (Å²) in [6, 6.07) is 12.8. The minimum atomic E-state index is 0.0439. The largest absolute Gasteiger partial charge is 0.463 e. The molecule has 0 aliphatic heterocycles. The maximum atomic E-state index is 12.3. The first kappa shape index (κ1) is 15.0. The van der Waals surface area contributed by atoms with Gasteiger partial charge in [-0.1, -0.05) is 18.0 Å². The number of amides is 1. The second kappa shape index (κ2) is 6.17. The first-order valence-electron chi connectivity index (χ1n) is 7.91. The predicted molar refractivity (Wildman–Crippen MR) is 92.2 cm³/mol. The fourth-order valence-electron chi connectivity index (χ4n) is 2.69. The van der Waals surface area contributed by atoms with Crippen molar-refractivity contribution in [2.24, 2.45) is 5.92 Å². The lowest BCUT2D eigenvalue weighted by atomic mass is 9.85. The van der Waals surface area contributed by atoms with Crippen LogP contribution in [0.25, 0.3) is 17.1 Å². The molecule has 1 aliphatic rings. The van der Waals surface area contributed by atoms with E-state index in [1.54, 1.807) is 23.1 Å². The fraction of sp³-hybridized carbons (Fsp3) is 0.222. The SMILES string of the molecule is O=C(Nc1cc(-c2ccco2)nn1-c1ccc(Cl)cc1)C1CCC1. The number of anilines is 1. The van der Waals surface area contributed by atoms with Gasteiger partial charge in [0, 0.05) is 17.0 Å². The van der Waals surface area contributed by atoms with Crippen molar-refractivity contribution >= 4 is 23.3 Å². The van der Waals surface area contributed by atoms with Gasteiger partial charge in [-0.15, -0.1) is 0 Å². The topological polar surface area (TPSA) is 60.1 Å². The molecule has 1 aliphatic carbocycles. The van der Waals surface area contributed by atoms with Crippen molar-refractivity contribution in [2.75, 3.05) is 5.32 Å². The van der Waals surface area contributed by atoms with Crippen LogP contribution in [0.15, 0.2) is 53.1 Å². The van der Waals surface area contributed by atoms with Crippen molar-refractivity contribution in [1.82, 2.24) is 9.78 Å². The van der Waals surface area contributed by atoms with E-state index in [4.69, 9.17) is 16.0 Å². The smallest absolute Gasteiger partial charge is 0.228 e. The third kappa shape index (κ3) is 2.83. The molecule has 5 nitrogen and oxygen atoms in total. The summed E-state index contributed by atoms with van der Waals surface area (Å²) in [5.41, 5.74) is 1.49. The Kier molecular flexibility index (Phi) is 3.86. The van der Waals surface area contributed by atoms with Crippen molar-refractivity contribution in [1.29, 1.82) is 0 Å². The maximum absolute atomic E-state index is 12.3. The van der Waals surface area contributed by atoms with Gasteiger partial charge in [-0.25, -0.2) is 4.68 Å². The quantitative estimate of drug-likeness (QED) is 0.758. The zero-order chi connectivity index (χ0) is 16.5. The molecule has 1 fully saturated rings. The van der Waals surface area contributed by atoms with E-state index in [-0.39, 0.29) is 11.8 Å². The van der Waals surface area contributed by atoms with E-state index in [9.17, 15) is 4.79 Å². The zero-order valence-corrected chi connectivity index (χ0v) is 13.7. The second-order valence-corrected chi connectivity index (χ2v) is 6.33. The Morgan fingerprint density at radius 1 is 1.25 bits per heavy atom. The molecule has 122 valence electrons. The molecule has 24 heavy (non-hydrogen) atoms. The summed E-state index contributed by atoms with van der Waals surface area (Å²) >= 11 is 5.96. The van der Waals surface area contributed by atoms with Gasteiger partial charge in [-0.05, 0) is 49.2 Å². The third-order valence-electron chi connectivity index (χ3n) is 4.28. The molecule has 0 saturated heterocycles. The molecule has 4 rings (SSSR count). The van der Waals surface area contributed by atoms with Crippen molar-refractivity contribution < 1.29 is 9.21 Å². The summed E-state index contributed by atoms with van der Waals surface area (Å²) in [4.78, 5) is 12.3. The fourth-order valence-corrected chi connectivity index (χ4v) is 2.82. The average Bonchev–Trinajstić information content (AvgIpc) is 3.15. The van der Waals surface area contributed by atoms with E-state index in [0.717, 1.165) is 24.9 Å². The maximum Gasteiger partial charge on any atom is 0.228 e. The zero-order valence-electron chi connectivity index (χ0n) is 12.9. The van der Waals surface area contributed by atoms with Crippen LogP contribution in [0.2, 0.25) is 5.02 Å². The average molecular weight is 342 g/mol. The van der Waals surface area contributed by atoms with Crippen molar-refractivity contribution in [3.05, 3.63) is 53.8 Å². The number of carbonyl (C=O) groups excluding carboxylic acids is 1. The van der Waals surface area contributed by atoms with Gasteiger partial charge >= 0.3 is 0 Å². The first-order chi connectivity index (χ1) is 11.7. The van der Waals surface area contributed by atoms with E-state index in [0.29, 0.717) is 22.3 Å². The molecule has 1 amide bonds. The number of nitrogens with zero attached hydrogens (tertiary/aromatic N) is 2. The monoisotopic (exact) mass is 341 g/mol. The lowest BCUT2D eigenvalue weighted by molar-refractivity contribution is -0.122. The van der Waals surface area contributed by atoms with Gasteiger partial charge in [-0.3, -0.25) is 4.79 Å². The molecular formula is C18H16ClN3O2. The van der Waals surface area contributed by atoms with Gasteiger partial charge in [0.05, 0.1) is 12.0 Å². The highest BCUT2D eigenvalue weighted by molar-refractivity contribution is 6.30. The molecule has 0 atom stereocenters. The lowest BCUT2D eigenvalue weighted by Gasteiger charge is -2.24. The Morgan fingerprint density at radius 3 is 2.67 bits per heavy atom. The Balaban J connectivity index is 1.71. The number of rotatable bonds is 4. The molecule has 0 unspecified atom stereocenters. The van der Waals surface area contributed by atoms with Gasteiger partial charge in [0.1, 0.15) is 11.5 Å². The second-order valence-electron chi connectivity index (χ2n) is 5.90. The Hall–Kier alpha value is -2.53. The lowest BCUT2D eigenvalue weighted by Crippen LogP contribution is -2.28. The van der Waals surface area contributed by atoms with E-state index >= 15 is 0 Å². The molecule has 6 heteroatoms. The number of aromatic nitrogens is 2. The van der Waals surface area contributed by atoms with Crippen LogP contribution in [-0.4, -0.2) is 15.7 Å².